The van der Waals surface area contributed by atoms with Crippen LogP contribution in [0.3, 0.4) is 0 Å². The highest BCUT2D eigenvalue weighted by molar-refractivity contribution is 5.41. The summed E-state index contributed by atoms with van der Waals surface area (Å²) in [6.07, 6.45) is 3.32. The SMILES string of the molecule is C[C@@H](Nc1nc(C#CC2(C(F)F)CC2)nc(N[C@H](C)C2CC2)n1)C1CC1. The second kappa shape index (κ2) is 6.64. The Bertz CT molecular complexity index is 691. The van der Waals surface area contributed by atoms with Gasteiger partial charge in [0.25, 0.3) is 6.43 Å². The van der Waals surface area contributed by atoms with E-state index in [0.717, 1.165) is 0 Å². The predicted molar refractivity (Wildman–Crippen MR) is 96.0 cm³/mol. The lowest BCUT2D eigenvalue weighted by Gasteiger charge is -2.16. The van der Waals surface area contributed by atoms with Crippen molar-refractivity contribution in [2.75, 3.05) is 10.6 Å². The van der Waals surface area contributed by atoms with E-state index in [9.17, 15) is 8.78 Å². The van der Waals surface area contributed by atoms with Crippen LogP contribution in [0.25, 0.3) is 0 Å². The fraction of sp³-hybridized carbons (Fsp3) is 0.737. The highest BCUT2D eigenvalue weighted by Gasteiger charge is 2.50. The Kier molecular flexibility index (Phi) is 4.45. The first-order valence-corrected chi connectivity index (χ1v) is 9.56. The molecule has 3 fully saturated rings. The van der Waals surface area contributed by atoms with Crippen molar-refractivity contribution in [1.29, 1.82) is 0 Å². The van der Waals surface area contributed by atoms with E-state index in [1.165, 1.54) is 25.7 Å². The van der Waals surface area contributed by atoms with E-state index < -0.39 is 11.8 Å². The molecular weight excluding hydrogens is 336 g/mol. The first-order chi connectivity index (χ1) is 12.4. The fourth-order valence-electron chi connectivity index (χ4n) is 3.11. The quantitative estimate of drug-likeness (QED) is 0.725. The van der Waals surface area contributed by atoms with E-state index in [2.05, 4.69) is 51.3 Å². The van der Waals surface area contributed by atoms with Gasteiger partial charge in [0, 0.05) is 12.1 Å². The Hall–Kier alpha value is -1.97. The van der Waals surface area contributed by atoms with E-state index in [0.29, 0.717) is 36.6 Å². The molecule has 3 saturated carbocycles. The molecule has 3 aliphatic rings. The molecule has 26 heavy (non-hydrogen) atoms. The van der Waals surface area contributed by atoms with Gasteiger partial charge in [-0.1, -0.05) is 5.92 Å². The summed E-state index contributed by atoms with van der Waals surface area (Å²) in [7, 11) is 0. The van der Waals surface area contributed by atoms with Crippen LogP contribution >= 0.6 is 0 Å². The summed E-state index contributed by atoms with van der Waals surface area (Å²) in [6, 6.07) is 0.561. The van der Waals surface area contributed by atoms with Crippen molar-refractivity contribution in [1.82, 2.24) is 15.0 Å². The van der Waals surface area contributed by atoms with Gasteiger partial charge in [-0.2, -0.15) is 15.0 Å². The summed E-state index contributed by atoms with van der Waals surface area (Å²) in [5, 5.41) is 6.64. The lowest BCUT2D eigenvalue weighted by Crippen LogP contribution is -2.23. The minimum atomic E-state index is -2.42. The number of hydrogen-bond acceptors (Lipinski definition) is 5. The molecule has 1 aromatic rings. The molecule has 0 unspecified atom stereocenters. The van der Waals surface area contributed by atoms with Crippen LogP contribution in [0.15, 0.2) is 0 Å². The first kappa shape index (κ1) is 17.4. The van der Waals surface area contributed by atoms with Gasteiger partial charge in [-0.25, -0.2) is 8.78 Å². The van der Waals surface area contributed by atoms with E-state index in [1.54, 1.807) is 0 Å². The summed E-state index contributed by atoms with van der Waals surface area (Å²) in [5.41, 5.74) is -1.16. The third-order valence-corrected chi connectivity index (χ3v) is 5.64. The molecule has 7 heteroatoms. The number of hydrogen-bond donors (Lipinski definition) is 2. The fourth-order valence-corrected chi connectivity index (χ4v) is 3.11. The second-order valence-electron chi connectivity index (χ2n) is 8.05. The summed E-state index contributed by atoms with van der Waals surface area (Å²) < 4.78 is 26.2. The van der Waals surface area contributed by atoms with Crippen LogP contribution in [-0.2, 0) is 0 Å². The Morgan fingerprint density at radius 3 is 1.81 bits per heavy atom. The van der Waals surface area contributed by atoms with Gasteiger partial charge in [0.1, 0.15) is 0 Å². The maximum Gasteiger partial charge on any atom is 0.254 e. The smallest absolute Gasteiger partial charge is 0.254 e. The summed E-state index contributed by atoms with van der Waals surface area (Å²) in [4.78, 5) is 13.2. The average Bonchev–Trinajstić information content (AvgIpc) is 3.49. The summed E-state index contributed by atoms with van der Waals surface area (Å²) in [6.45, 7) is 4.23. The van der Waals surface area contributed by atoms with Crippen LogP contribution in [0, 0.1) is 29.1 Å². The lowest BCUT2D eigenvalue weighted by atomic mass is 10.1. The normalized spacial score (nSPS) is 23.0. The first-order valence-electron chi connectivity index (χ1n) is 9.56. The molecule has 0 spiro atoms. The van der Waals surface area contributed by atoms with Crippen LogP contribution in [0.1, 0.15) is 58.2 Å². The highest BCUT2D eigenvalue weighted by Crippen LogP contribution is 2.50. The van der Waals surface area contributed by atoms with Crippen molar-refractivity contribution in [3.8, 4) is 11.8 Å². The van der Waals surface area contributed by atoms with Gasteiger partial charge in [0.2, 0.25) is 17.7 Å². The molecule has 1 heterocycles. The zero-order valence-electron chi connectivity index (χ0n) is 15.2. The molecule has 140 valence electrons. The number of rotatable bonds is 7. The number of nitrogens with zero attached hydrogens (tertiary/aromatic N) is 3. The molecule has 5 nitrogen and oxygen atoms in total. The van der Waals surface area contributed by atoms with Crippen molar-refractivity contribution in [2.24, 2.45) is 17.3 Å². The molecule has 4 rings (SSSR count). The van der Waals surface area contributed by atoms with Crippen LogP contribution in [0.2, 0.25) is 0 Å². The van der Waals surface area contributed by atoms with Crippen LogP contribution in [-0.4, -0.2) is 33.5 Å². The molecule has 2 N–H and O–H groups in total. The predicted octanol–water partition coefficient (Wildman–Crippen LogP) is 3.69. The monoisotopic (exact) mass is 361 g/mol. The third kappa shape index (κ3) is 4.05. The van der Waals surface area contributed by atoms with Gasteiger partial charge in [-0.3, -0.25) is 0 Å². The van der Waals surface area contributed by atoms with Gasteiger partial charge in [0.05, 0.1) is 5.41 Å². The topological polar surface area (TPSA) is 62.7 Å². The second-order valence-corrected chi connectivity index (χ2v) is 8.05. The number of aromatic nitrogens is 3. The lowest BCUT2D eigenvalue weighted by molar-refractivity contribution is 0.0921. The van der Waals surface area contributed by atoms with Crippen molar-refractivity contribution >= 4 is 11.9 Å². The van der Waals surface area contributed by atoms with E-state index in [4.69, 9.17) is 0 Å². The van der Waals surface area contributed by atoms with Crippen LogP contribution in [0.4, 0.5) is 20.7 Å². The van der Waals surface area contributed by atoms with Gasteiger partial charge in [0.15, 0.2) is 0 Å². The zero-order valence-corrected chi connectivity index (χ0v) is 15.2. The van der Waals surface area contributed by atoms with Crippen molar-refractivity contribution in [3.05, 3.63) is 5.82 Å². The standard InChI is InChI=1S/C19H25F2N5/c1-11(13-3-4-13)22-17-24-15(7-8-19(9-10-19)16(20)21)25-18(26-17)23-12(2)14-5-6-14/h11-14,16H,3-6,9-10H2,1-2H3,(H2,22,23,24,25,26)/t11-,12-/m1/s1. The molecule has 0 bridgehead atoms. The average molecular weight is 361 g/mol. The van der Waals surface area contributed by atoms with Crippen molar-refractivity contribution in [2.45, 2.75) is 70.9 Å². The minimum absolute atomic E-state index is 0.253. The van der Waals surface area contributed by atoms with Gasteiger partial charge in [-0.05, 0) is 70.1 Å². The Balaban J connectivity index is 1.55. The molecule has 3 aliphatic carbocycles. The molecule has 0 aliphatic heterocycles. The van der Waals surface area contributed by atoms with Crippen LogP contribution < -0.4 is 10.6 Å². The van der Waals surface area contributed by atoms with E-state index in [1.807, 2.05) is 0 Å². The maximum atomic E-state index is 13.1. The third-order valence-electron chi connectivity index (χ3n) is 5.64. The van der Waals surface area contributed by atoms with Crippen molar-refractivity contribution < 1.29 is 8.78 Å². The molecule has 0 saturated heterocycles. The molecule has 0 amide bonds. The van der Waals surface area contributed by atoms with E-state index >= 15 is 0 Å². The Labute approximate surface area is 152 Å². The maximum absolute atomic E-state index is 13.1. The van der Waals surface area contributed by atoms with Gasteiger partial charge >= 0.3 is 0 Å². The number of anilines is 2. The van der Waals surface area contributed by atoms with Crippen LogP contribution in [0.5, 0.6) is 0 Å². The molecular formula is C19H25F2N5. The Morgan fingerprint density at radius 2 is 1.42 bits per heavy atom. The summed E-state index contributed by atoms with van der Waals surface area (Å²) >= 11 is 0. The molecule has 0 aromatic carbocycles. The molecule has 2 atom stereocenters. The minimum Gasteiger partial charge on any atom is -0.351 e. The number of alkyl halides is 2. The summed E-state index contributed by atoms with van der Waals surface area (Å²) in [5.74, 6) is 7.97. The van der Waals surface area contributed by atoms with E-state index in [-0.39, 0.29) is 17.9 Å². The zero-order chi connectivity index (χ0) is 18.3. The van der Waals surface area contributed by atoms with Gasteiger partial charge < -0.3 is 10.6 Å². The van der Waals surface area contributed by atoms with Crippen molar-refractivity contribution in [3.63, 3.8) is 0 Å². The molecule has 0 radical (unpaired) electrons. The highest BCUT2D eigenvalue weighted by atomic mass is 19.3. The van der Waals surface area contributed by atoms with Gasteiger partial charge in [-0.15, -0.1) is 0 Å². The Morgan fingerprint density at radius 1 is 0.923 bits per heavy atom. The molecule has 1 aromatic heterocycles. The number of halogens is 2. The number of nitrogens with one attached hydrogen (secondary N) is 2. The largest absolute Gasteiger partial charge is 0.351 e.